The molecule has 1 heterocycles. The Balaban J connectivity index is 1.77. The summed E-state index contributed by atoms with van der Waals surface area (Å²) in [7, 11) is 2.81. The number of rotatable bonds is 5. The number of nitrogens with one attached hydrogen (secondary N) is 1. The molecule has 8 heteroatoms. The number of carbonyl (C=O) groups is 2. The Morgan fingerprint density at radius 3 is 2.46 bits per heavy atom. The van der Waals surface area contributed by atoms with Gasteiger partial charge in [-0.3, -0.25) is 4.79 Å². The van der Waals surface area contributed by atoms with Crippen LogP contribution in [-0.2, 0) is 16.1 Å². The Hall–Kier alpha value is -3.16. The molecular formula is C20H20F2N2O4. The Morgan fingerprint density at radius 2 is 1.86 bits per heavy atom. The van der Waals surface area contributed by atoms with Gasteiger partial charge in [-0.05, 0) is 5.56 Å². The summed E-state index contributed by atoms with van der Waals surface area (Å²) in [6.07, 6.45) is -0.836. The number of halogens is 2. The van der Waals surface area contributed by atoms with Crippen LogP contribution in [0.3, 0.4) is 0 Å². The lowest BCUT2D eigenvalue weighted by atomic mass is 9.93. The quantitative estimate of drug-likeness (QED) is 0.853. The monoisotopic (exact) mass is 390 g/mol. The molecule has 1 aliphatic heterocycles. The fourth-order valence-corrected chi connectivity index (χ4v) is 3.25. The van der Waals surface area contributed by atoms with Gasteiger partial charge in [-0.15, -0.1) is 0 Å². The summed E-state index contributed by atoms with van der Waals surface area (Å²) in [6.45, 7) is 0.0714. The van der Waals surface area contributed by atoms with Crippen LogP contribution in [0.5, 0.6) is 5.75 Å². The van der Waals surface area contributed by atoms with Crippen molar-refractivity contribution in [1.29, 1.82) is 0 Å². The first-order valence-corrected chi connectivity index (χ1v) is 8.65. The first-order valence-electron chi connectivity index (χ1n) is 8.65. The standard InChI is InChI=1S/C20H20F2N2O4/c1-24-10-14(17-15(21)8-13(27-2)9-16(17)22)18(19(24)25)23-20(26)28-11-12-6-4-3-5-7-12/h3-9,14,18H,10-11H2,1-2H3,(H,23,26)/t14-,18-/m0/s1. The smallest absolute Gasteiger partial charge is 0.408 e. The molecule has 2 aromatic carbocycles. The molecule has 6 nitrogen and oxygen atoms in total. The Labute approximate surface area is 161 Å². The first kappa shape index (κ1) is 19.6. The third kappa shape index (κ3) is 4.05. The number of nitrogens with zero attached hydrogens (tertiary/aromatic N) is 1. The van der Waals surface area contributed by atoms with Crippen molar-refractivity contribution >= 4 is 12.0 Å². The molecule has 0 aromatic heterocycles. The maximum Gasteiger partial charge on any atom is 0.408 e. The molecule has 1 fully saturated rings. The van der Waals surface area contributed by atoms with E-state index in [1.807, 2.05) is 6.07 Å². The van der Waals surface area contributed by atoms with Gasteiger partial charge in [-0.2, -0.15) is 0 Å². The number of methoxy groups -OCH3 is 1. The molecule has 28 heavy (non-hydrogen) atoms. The molecule has 0 saturated carbocycles. The Kier molecular flexibility index (Phi) is 5.77. The normalized spacial score (nSPS) is 18.9. The van der Waals surface area contributed by atoms with Gasteiger partial charge in [-0.1, -0.05) is 30.3 Å². The Bertz CT molecular complexity index is 853. The minimum absolute atomic E-state index is 0.0132. The molecule has 0 bridgehead atoms. The van der Waals surface area contributed by atoms with E-state index >= 15 is 0 Å². The van der Waals surface area contributed by atoms with Crippen LogP contribution < -0.4 is 10.1 Å². The van der Waals surface area contributed by atoms with E-state index in [2.05, 4.69) is 5.32 Å². The summed E-state index contributed by atoms with van der Waals surface area (Å²) in [6, 6.07) is 9.97. The van der Waals surface area contributed by atoms with Crippen LogP contribution in [0.1, 0.15) is 17.0 Å². The number of benzene rings is 2. The van der Waals surface area contributed by atoms with Crippen molar-refractivity contribution in [2.24, 2.45) is 0 Å². The van der Waals surface area contributed by atoms with Gasteiger partial charge >= 0.3 is 6.09 Å². The number of hydrogen-bond acceptors (Lipinski definition) is 4. The molecule has 0 aliphatic carbocycles. The van der Waals surface area contributed by atoms with E-state index in [1.54, 1.807) is 24.3 Å². The van der Waals surface area contributed by atoms with E-state index in [-0.39, 0.29) is 24.5 Å². The van der Waals surface area contributed by atoms with Crippen LogP contribution in [0.25, 0.3) is 0 Å². The van der Waals surface area contributed by atoms with E-state index in [4.69, 9.17) is 9.47 Å². The molecule has 1 N–H and O–H groups in total. The minimum atomic E-state index is -1.13. The predicted octanol–water partition coefficient (Wildman–Crippen LogP) is 2.82. The SMILES string of the molecule is COc1cc(F)c([C@@H]2CN(C)C(=O)[C@H]2NC(=O)OCc2ccccc2)c(F)c1. The molecule has 0 radical (unpaired) electrons. The summed E-state index contributed by atoms with van der Waals surface area (Å²) in [5.41, 5.74) is 0.503. The number of hydrogen-bond donors (Lipinski definition) is 1. The number of amides is 2. The van der Waals surface area contributed by atoms with Crippen molar-refractivity contribution in [1.82, 2.24) is 10.2 Å². The molecule has 1 aliphatic rings. The van der Waals surface area contributed by atoms with E-state index in [0.29, 0.717) is 0 Å². The van der Waals surface area contributed by atoms with E-state index in [1.165, 1.54) is 19.1 Å². The topological polar surface area (TPSA) is 67.9 Å². The summed E-state index contributed by atoms with van der Waals surface area (Å²) in [5.74, 6) is -2.99. The van der Waals surface area contributed by atoms with Crippen LogP contribution >= 0.6 is 0 Å². The van der Waals surface area contributed by atoms with Crippen LogP contribution in [-0.4, -0.2) is 43.6 Å². The number of likely N-dealkylation sites (N-methyl/N-ethyl adjacent to an activating group) is 1. The van der Waals surface area contributed by atoms with Gasteiger partial charge in [0.05, 0.1) is 7.11 Å². The summed E-state index contributed by atoms with van der Waals surface area (Å²) < 4.78 is 39.0. The largest absolute Gasteiger partial charge is 0.497 e. The van der Waals surface area contributed by atoms with Gasteiger partial charge in [0.1, 0.15) is 30.0 Å². The zero-order valence-corrected chi connectivity index (χ0v) is 15.4. The second-order valence-electron chi connectivity index (χ2n) is 6.51. The van der Waals surface area contributed by atoms with Crippen LogP contribution in [0.15, 0.2) is 42.5 Å². The fraction of sp³-hybridized carbons (Fsp3) is 0.300. The lowest BCUT2D eigenvalue weighted by molar-refractivity contribution is -0.128. The van der Waals surface area contributed by atoms with Gasteiger partial charge in [0.15, 0.2) is 0 Å². The highest BCUT2D eigenvalue weighted by molar-refractivity contribution is 5.89. The van der Waals surface area contributed by atoms with Crippen LogP contribution in [0, 0.1) is 11.6 Å². The highest BCUT2D eigenvalue weighted by Gasteiger charge is 2.43. The van der Waals surface area contributed by atoms with Crippen molar-refractivity contribution in [3.05, 3.63) is 65.2 Å². The second kappa shape index (κ2) is 8.24. The lowest BCUT2D eigenvalue weighted by Gasteiger charge is -2.20. The van der Waals surface area contributed by atoms with Gasteiger partial charge < -0.3 is 19.7 Å². The summed E-state index contributed by atoms with van der Waals surface area (Å²) >= 11 is 0. The zero-order valence-electron chi connectivity index (χ0n) is 15.4. The third-order valence-corrected chi connectivity index (χ3v) is 4.66. The van der Waals surface area contributed by atoms with Gasteiger partial charge in [-0.25, -0.2) is 13.6 Å². The van der Waals surface area contributed by atoms with Crippen LogP contribution in [0.4, 0.5) is 13.6 Å². The first-order chi connectivity index (χ1) is 13.4. The number of alkyl carbamates (subject to hydrolysis) is 1. The molecule has 2 amide bonds. The van der Waals surface area contributed by atoms with Gasteiger partial charge in [0.25, 0.3) is 0 Å². The maximum atomic E-state index is 14.5. The van der Waals surface area contributed by atoms with Crippen molar-refractivity contribution in [3.63, 3.8) is 0 Å². The third-order valence-electron chi connectivity index (χ3n) is 4.66. The van der Waals surface area contributed by atoms with E-state index < -0.39 is 35.6 Å². The number of carbonyl (C=O) groups excluding carboxylic acids is 2. The van der Waals surface area contributed by atoms with E-state index in [9.17, 15) is 18.4 Å². The average Bonchev–Trinajstić information content (AvgIpc) is 2.94. The molecule has 2 atom stereocenters. The molecule has 3 rings (SSSR count). The van der Waals surface area contributed by atoms with E-state index in [0.717, 1.165) is 17.7 Å². The Morgan fingerprint density at radius 1 is 1.21 bits per heavy atom. The molecule has 148 valence electrons. The molecule has 1 saturated heterocycles. The molecule has 0 unspecified atom stereocenters. The molecule has 0 spiro atoms. The minimum Gasteiger partial charge on any atom is -0.497 e. The van der Waals surface area contributed by atoms with Gasteiger partial charge in [0, 0.05) is 37.2 Å². The maximum absolute atomic E-state index is 14.5. The van der Waals surface area contributed by atoms with Crippen molar-refractivity contribution < 1.29 is 27.8 Å². The summed E-state index contributed by atoms with van der Waals surface area (Å²) in [5, 5.41) is 2.44. The predicted molar refractivity (Wildman–Crippen MR) is 96.8 cm³/mol. The van der Waals surface area contributed by atoms with Crippen molar-refractivity contribution in [3.8, 4) is 5.75 Å². The molecule has 2 aromatic rings. The summed E-state index contributed by atoms with van der Waals surface area (Å²) in [4.78, 5) is 25.9. The van der Waals surface area contributed by atoms with Crippen molar-refractivity contribution in [2.75, 3.05) is 20.7 Å². The zero-order chi connectivity index (χ0) is 20.3. The lowest BCUT2D eigenvalue weighted by Crippen LogP contribution is -2.43. The average molecular weight is 390 g/mol. The van der Waals surface area contributed by atoms with Gasteiger partial charge in [0.2, 0.25) is 5.91 Å². The number of ether oxygens (including phenoxy) is 2. The highest BCUT2D eigenvalue weighted by atomic mass is 19.1. The van der Waals surface area contributed by atoms with Crippen molar-refractivity contribution in [2.45, 2.75) is 18.6 Å². The molecular weight excluding hydrogens is 370 g/mol. The second-order valence-corrected chi connectivity index (χ2v) is 6.51. The van der Waals surface area contributed by atoms with Crippen LogP contribution in [0.2, 0.25) is 0 Å². The fourth-order valence-electron chi connectivity index (χ4n) is 3.25. The highest BCUT2D eigenvalue weighted by Crippen LogP contribution is 2.33. The number of likely N-dealkylation sites (tertiary alicyclic amines) is 1.